The molecular weight excluding hydrogens is 699 g/mol. The van der Waals surface area contributed by atoms with Gasteiger partial charge in [-0.1, -0.05) is 43.3 Å². The molecule has 0 bridgehead atoms. The molecule has 13 nitrogen and oxygen atoms in total. The van der Waals surface area contributed by atoms with Gasteiger partial charge >= 0.3 is 6.03 Å². The van der Waals surface area contributed by atoms with Crippen molar-refractivity contribution in [1.82, 2.24) is 37.2 Å². The van der Waals surface area contributed by atoms with Gasteiger partial charge < -0.3 is 46.7 Å². The highest BCUT2D eigenvalue weighted by Crippen LogP contribution is 2.42. The van der Waals surface area contributed by atoms with Crippen molar-refractivity contribution in [3.63, 3.8) is 0 Å². The molecule has 3 aromatic rings. The van der Waals surface area contributed by atoms with Gasteiger partial charge in [0, 0.05) is 61.0 Å². The van der Waals surface area contributed by atoms with Crippen LogP contribution in [0.25, 0.3) is 5.70 Å². The van der Waals surface area contributed by atoms with E-state index < -0.39 is 30.0 Å². The summed E-state index contributed by atoms with van der Waals surface area (Å²) in [7, 11) is 5.06. The Labute approximate surface area is 323 Å². The fraction of sp³-hybridized carbons (Fsp3) is 0.429. The molecule has 5 rings (SSSR count). The molecule has 0 spiro atoms. The van der Waals surface area contributed by atoms with Gasteiger partial charge in [0.2, 0.25) is 11.8 Å². The monoisotopic (exact) mass is 753 g/mol. The first-order valence-electron chi connectivity index (χ1n) is 18.9. The van der Waals surface area contributed by atoms with Gasteiger partial charge in [-0.2, -0.15) is 0 Å². The largest absolute Gasteiger partial charge is 0.497 e. The molecule has 7 N–H and O–H groups in total. The van der Waals surface area contributed by atoms with Crippen molar-refractivity contribution < 1.29 is 28.7 Å². The lowest BCUT2D eigenvalue weighted by Gasteiger charge is -2.42. The first-order chi connectivity index (χ1) is 26.4. The second-order valence-electron chi connectivity index (χ2n) is 14.5. The van der Waals surface area contributed by atoms with Crippen molar-refractivity contribution in [2.24, 2.45) is 11.8 Å². The number of carbonyl (C=O) groups excluding carboxylic acids is 4. The molecular formula is C42H55N7O6. The number of methoxy groups -OCH3 is 2. The van der Waals surface area contributed by atoms with Crippen LogP contribution in [-0.2, 0) is 29.2 Å². The lowest BCUT2D eigenvalue weighted by Crippen LogP contribution is -2.51. The quantitative estimate of drug-likeness (QED) is 0.122. The first kappa shape index (κ1) is 40.6. The lowest BCUT2D eigenvalue weighted by atomic mass is 9.71. The summed E-state index contributed by atoms with van der Waals surface area (Å²) < 4.78 is 10.9. The second kappa shape index (κ2) is 18.7. The van der Waals surface area contributed by atoms with Crippen molar-refractivity contribution in [3.05, 3.63) is 100 Å². The Morgan fingerprint density at radius 2 is 1.45 bits per heavy atom. The van der Waals surface area contributed by atoms with E-state index in [0.717, 1.165) is 40.1 Å². The van der Waals surface area contributed by atoms with Crippen LogP contribution >= 0.6 is 0 Å². The molecule has 3 aromatic carbocycles. The molecule has 1 fully saturated rings. The minimum Gasteiger partial charge on any atom is -0.497 e. The highest BCUT2D eigenvalue weighted by molar-refractivity contribution is 5.94. The van der Waals surface area contributed by atoms with Crippen LogP contribution in [0.1, 0.15) is 73.1 Å². The molecule has 2 aliphatic heterocycles. The smallest absolute Gasteiger partial charge is 0.315 e. The van der Waals surface area contributed by atoms with Crippen molar-refractivity contribution in [2.45, 2.75) is 84.3 Å². The third-order valence-electron chi connectivity index (χ3n) is 10.2. The summed E-state index contributed by atoms with van der Waals surface area (Å²) in [5.74, 6) is -0.541. The molecule has 0 saturated carbocycles. The van der Waals surface area contributed by atoms with E-state index >= 15 is 0 Å². The van der Waals surface area contributed by atoms with Crippen LogP contribution in [0.3, 0.4) is 0 Å². The molecule has 2 aliphatic rings. The highest BCUT2D eigenvalue weighted by atomic mass is 16.5. The van der Waals surface area contributed by atoms with Gasteiger partial charge in [0.15, 0.2) is 0 Å². The average molecular weight is 754 g/mol. The Bertz CT molecular complexity index is 1840. The zero-order chi connectivity index (χ0) is 39.6. The van der Waals surface area contributed by atoms with Crippen molar-refractivity contribution >= 4 is 29.4 Å². The molecule has 0 aromatic heterocycles. The summed E-state index contributed by atoms with van der Waals surface area (Å²) in [6.07, 6.45) is 0.712. The third kappa shape index (κ3) is 10.2. The zero-order valence-electron chi connectivity index (χ0n) is 32.8. The number of carbonyl (C=O) groups is 4. The fourth-order valence-corrected chi connectivity index (χ4v) is 7.38. The summed E-state index contributed by atoms with van der Waals surface area (Å²) >= 11 is 0. The number of benzene rings is 3. The Morgan fingerprint density at radius 3 is 2.04 bits per heavy atom. The first-order valence-corrected chi connectivity index (χ1v) is 18.9. The predicted octanol–water partition coefficient (Wildman–Crippen LogP) is 3.98. The molecule has 4 unspecified atom stereocenters. The number of hydrogen-bond acceptors (Lipinski definition) is 8. The minimum absolute atomic E-state index is 0.0145. The van der Waals surface area contributed by atoms with E-state index in [9.17, 15) is 19.2 Å². The summed E-state index contributed by atoms with van der Waals surface area (Å²) in [4.78, 5) is 54.0. The predicted molar refractivity (Wildman–Crippen MR) is 212 cm³/mol. The number of hydrogen-bond donors (Lipinski definition) is 7. The molecule has 1 saturated heterocycles. The van der Waals surface area contributed by atoms with E-state index in [1.54, 1.807) is 44.6 Å². The summed E-state index contributed by atoms with van der Waals surface area (Å²) in [6, 6.07) is 18.7. The van der Waals surface area contributed by atoms with Gasteiger partial charge in [-0.25, -0.2) is 4.79 Å². The van der Waals surface area contributed by atoms with Gasteiger partial charge in [-0.3, -0.25) is 14.4 Å². The van der Waals surface area contributed by atoms with E-state index in [0.29, 0.717) is 23.5 Å². The molecule has 55 heavy (non-hydrogen) atoms. The van der Waals surface area contributed by atoms with E-state index in [-0.39, 0.29) is 49.3 Å². The lowest BCUT2D eigenvalue weighted by molar-refractivity contribution is -0.127. The molecule has 294 valence electrons. The van der Waals surface area contributed by atoms with E-state index in [1.165, 1.54) is 0 Å². The molecule has 0 radical (unpaired) electrons. The normalized spacial score (nSPS) is 20.7. The SMILES string of the molecule is CCC1NC(=O)[C@@H](NC(=O)NCc2ccc(C(=O)NC(C)C)cc2)CC(C2=C(c3ccc(CNC)cc3)NC2C)C1C(=O)NCc1cc(OC)cc(OC)c1. The van der Waals surface area contributed by atoms with Crippen LogP contribution in [0.15, 0.2) is 72.3 Å². The third-order valence-corrected chi connectivity index (χ3v) is 10.2. The van der Waals surface area contributed by atoms with Gasteiger partial charge in [0.1, 0.15) is 17.5 Å². The summed E-state index contributed by atoms with van der Waals surface area (Å²) in [5, 5.41) is 21.6. The number of rotatable bonds is 15. The number of urea groups is 1. The van der Waals surface area contributed by atoms with Crippen LogP contribution in [0.5, 0.6) is 11.5 Å². The minimum atomic E-state index is -0.916. The molecule has 0 aliphatic carbocycles. The standard InChI is InChI=1S/C42H55N7O6/c1-8-34-37(41(52)44-23-28-17-31(54-6)19-32(18-28)55-7)33(36-25(4)47-38(36)29-13-9-26(10-14-29)21-43-5)20-35(40(51)48-34)49-42(53)45-22-27-11-15-30(16-12-27)39(50)46-24(2)3/h9-19,24-25,33-35,37,43,47H,8,20-23H2,1-7H3,(H,44,52)(H,46,50)(H,48,51)(H2,45,49,53)/t25?,33?,34?,35-,37?/m0/s1. The van der Waals surface area contributed by atoms with Crippen molar-refractivity contribution in [1.29, 1.82) is 0 Å². The molecule has 13 heteroatoms. The van der Waals surface area contributed by atoms with Crippen LogP contribution < -0.4 is 46.7 Å². The Kier molecular flexibility index (Phi) is 13.8. The Morgan fingerprint density at radius 1 is 0.836 bits per heavy atom. The highest BCUT2D eigenvalue weighted by Gasteiger charge is 2.47. The average Bonchev–Trinajstić information content (AvgIpc) is 3.30. The van der Waals surface area contributed by atoms with E-state index in [2.05, 4.69) is 68.4 Å². The summed E-state index contributed by atoms with van der Waals surface area (Å²) in [5.41, 5.74) is 6.22. The molecule has 2 heterocycles. The Hall–Kier alpha value is -5.56. The van der Waals surface area contributed by atoms with E-state index in [4.69, 9.17) is 9.47 Å². The number of amides is 5. The summed E-state index contributed by atoms with van der Waals surface area (Å²) in [6.45, 7) is 8.95. The Balaban J connectivity index is 1.40. The van der Waals surface area contributed by atoms with Gasteiger partial charge in [0.05, 0.1) is 20.1 Å². The number of ether oxygens (including phenoxy) is 2. The fourth-order valence-electron chi connectivity index (χ4n) is 7.38. The number of nitrogens with one attached hydrogen (secondary N) is 7. The molecule has 5 atom stereocenters. The topological polar surface area (TPSA) is 171 Å². The van der Waals surface area contributed by atoms with Crippen LogP contribution in [0.4, 0.5) is 4.79 Å². The van der Waals surface area contributed by atoms with Gasteiger partial charge in [-0.05, 0) is 92.8 Å². The van der Waals surface area contributed by atoms with Crippen LogP contribution in [-0.4, -0.2) is 69.2 Å². The van der Waals surface area contributed by atoms with Crippen molar-refractivity contribution in [2.75, 3.05) is 21.3 Å². The van der Waals surface area contributed by atoms with Gasteiger partial charge in [-0.15, -0.1) is 0 Å². The van der Waals surface area contributed by atoms with Gasteiger partial charge in [0.25, 0.3) is 5.91 Å². The van der Waals surface area contributed by atoms with Crippen molar-refractivity contribution in [3.8, 4) is 11.5 Å². The molecule has 5 amide bonds. The maximum absolute atomic E-state index is 14.4. The maximum atomic E-state index is 14.4. The van der Waals surface area contributed by atoms with Crippen LogP contribution in [0, 0.1) is 11.8 Å². The zero-order valence-corrected chi connectivity index (χ0v) is 32.8. The maximum Gasteiger partial charge on any atom is 0.315 e. The van der Waals surface area contributed by atoms with E-state index in [1.807, 2.05) is 40.0 Å². The second-order valence-corrected chi connectivity index (χ2v) is 14.5. The van der Waals surface area contributed by atoms with Crippen LogP contribution in [0.2, 0.25) is 0 Å².